The minimum absolute atomic E-state index is 0.386. The van der Waals surface area contributed by atoms with Gasteiger partial charge in [0.05, 0.1) is 0 Å². The zero-order valence-corrected chi connectivity index (χ0v) is 23.9. The second-order valence-corrected chi connectivity index (χ2v) is 10.0. The summed E-state index contributed by atoms with van der Waals surface area (Å²) >= 11 is 0. The Morgan fingerprint density at radius 2 is 2.05 bits per heavy atom. The highest BCUT2D eigenvalue weighted by atomic mass is 16.5. The third-order valence-corrected chi connectivity index (χ3v) is 6.94. The van der Waals surface area contributed by atoms with E-state index in [9.17, 15) is 9.90 Å². The molecule has 1 unspecified atom stereocenters. The van der Waals surface area contributed by atoms with Crippen LogP contribution in [0.5, 0.6) is 5.75 Å². The first kappa shape index (κ1) is 30.4. The molecule has 11 heteroatoms. The molecule has 3 aromatic rings. The molecule has 4 rings (SSSR count). The fourth-order valence-corrected chi connectivity index (χ4v) is 4.71. The van der Waals surface area contributed by atoms with Gasteiger partial charge in [-0.2, -0.15) is 0 Å². The number of pyridine rings is 1. The topological polar surface area (TPSA) is 151 Å². The van der Waals surface area contributed by atoms with Crippen LogP contribution < -0.4 is 21.1 Å². The Kier molecular flexibility index (Phi) is 12.1. The summed E-state index contributed by atoms with van der Waals surface area (Å²) in [6.45, 7) is 3.59. The Balaban J connectivity index is 1.31. The molecule has 0 radical (unpaired) electrons. The minimum atomic E-state index is -0.947. The smallest absolute Gasteiger partial charge is 0.326 e. The lowest BCUT2D eigenvalue weighted by atomic mass is 10.1. The number of aryl methyl sites for hydroxylation is 2. The number of aliphatic imine (C=N–C) groups is 1. The van der Waals surface area contributed by atoms with Gasteiger partial charge in [-0.3, -0.25) is 4.90 Å². The van der Waals surface area contributed by atoms with Crippen LogP contribution in [0.2, 0.25) is 0 Å². The summed E-state index contributed by atoms with van der Waals surface area (Å²) in [5.74, 6) is 1.70. The molecule has 1 atom stereocenters. The highest BCUT2D eigenvalue weighted by molar-refractivity contribution is 5.77. The molecular weight excluding hydrogens is 532 g/mol. The lowest BCUT2D eigenvalue weighted by molar-refractivity contribution is -0.138. The largest absolute Gasteiger partial charge is 0.492 e. The summed E-state index contributed by atoms with van der Waals surface area (Å²) in [5.41, 5.74) is 7.73. The number of ether oxygens (including phenoxy) is 1. The molecule has 0 amide bonds. The summed E-state index contributed by atoms with van der Waals surface area (Å²) in [7, 11) is 0. The second-order valence-electron chi connectivity index (χ2n) is 10.0. The van der Waals surface area contributed by atoms with Gasteiger partial charge in [0.1, 0.15) is 36.4 Å². The van der Waals surface area contributed by atoms with Crippen LogP contribution in [0.4, 0.5) is 17.5 Å². The van der Waals surface area contributed by atoms with Crippen LogP contribution in [-0.4, -0.2) is 76.0 Å². The summed E-state index contributed by atoms with van der Waals surface area (Å²) in [6, 6.07) is 14.8. The van der Waals surface area contributed by atoms with Crippen LogP contribution in [0, 0.1) is 0 Å². The van der Waals surface area contributed by atoms with E-state index in [1.165, 1.54) is 24.3 Å². The van der Waals surface area contributed by atoms with Gasteiger partial charge in [0, 0.05) is 37.6 Å². The number of fused-ring (bicyclic) bond motifs is 1. The first-order valence-electron chi connectivity index (χ1n) is 14.5. The Bertz CT molecular complexity index is 1320. The van der Waals surface area contributed by atoms with Crippen molar-refractivity contribution in [3.05, 3.63) is 78.4 Å². The average molecular weight is 573 g/mol. The van der Waals surface area contributed by atoms with E-state index in [1.54, 1.807) is 12.1 Å². The van der Waals surface area contributed by atoms with Gasteiger partial charge < -0.3 is 26.2 Å². The summed E-state index contributed by atoms with van der Waals surface area (Å²) in [4.78, 5) is 31.6. The molecule has 0 bridgehead atoms. The maximum atomic E-state index is 12.1. The molecule has 5 N–H and O–H groups in total. The molecule has 0 aliphatic carbocycles. The van der Waals surface area contributed by atoms with E-state index < -0.39 is 12.0 Å². The molecule has 1 aromatic carbocycles. The van der Waals surface area contributed by atoms with E-state index in [-0.39, 0.29) is 0 Å². The van der Waals surface area contributed by atoms with Crippen molar-refractivity contribution >= 4 is 29.6 Å². The van der Waals surface area contributed by atoms with Gasteiger partial charge in [-0.25, -0.2) is 24.7 Å². The molecule has 0 spiro atoms. The summed E-state index contributed by atoms with van der Waals surface area (Å²) in [5, 5.41) is 16.4. The molecule has 42 heavy (non-hydrogen) atoms. The molecule has 1 aliphatic rings. The van der Waals surface area contributed by atoms with E-state index in [0.29, 0.717) is 37.8 Å². The molecular formula is C31H40N8O3. The fourth-order valence-electron chi connectivity index (χ4n) is 4.71. The number of carbonyl (C=O) groups is 1. The van der Waals surface area contributed by atoms with Gasteiger partial charge in [-0.05, 0) is 81.1 Å². The van der Waals surface area contributed by atoms with Crippen molar-refractivity contribution in [3.63, 3.8) is 0 Å². The average Bonchev–Trinajstić information content (AvgIpc) is 3.01. The van der Waals surface area contributed by atoms with E-state index in [2.05, 4.69) is 42.6 Å². The first-order valence-corrected chi connectivity index (χ1v) is 14.5. The van der Waals surface area contributed by atoms with Gasteiger partial charge in [-0.15, -0.1) is 0 Å². The number of benzene rings is 1. The quantitative estimate of drug-likeness (QED) is 0.138. The van der Waals surface area contributed by atoms with Gasteiger partial charge in [0.15, 0.2) is 5.82 Å². The molecule has 3 heterocycles. The molecule has 0 fully saturated rings. The van der Waals surface area contributed by atoms with Crippen LogP contribution in [0.25, 0.3) is 0 Å². The number of nitrogens with one attached hydrogen (secondary N) is 2. The number of rotatable bonds is 17. The van der Waals surface area contributed by atoms with Crippen molar-refractivity contribution in [2.75, 3.05) is 43.4 Å². The molecule has 1 aliphatic heterocycles. The van der Waals surface area contributed by atoms with Crippen LogP contribution in [0.15, 0.2) is 72.1 Å². The number of hydrogen-bond donors (Lipinski definition) is 4. The van der Waals surface area contributed by atoms with Gasteiger partial charge >= 0.3 is 5.97 Å². The van der Waals surface area contributed by atoms with Crippen molar-refractivity contribution in [2.45, 2.75) is 44.6 Å². The lowest BCUT2D eigenvalue weighted by Crippen LogP contribution is -2.37. The van der Waals surface area contributed by atoms with E-state index in [0.717, 1.165) is 62.5 Å². The number of hydrogen-bond acceptors (Lipinski definition) is 10. The first-order chi connectivity index (χ1) is 20.6. The molecule has 222 valence electrons. The Hall–Kier alpha value is -4.51. The van der Waals surface area contributed by atoms with Crippen molar-refractivity contribution in [1.29, 1.82) is 0 Å². The number of carboxylic acid groups (broad SMARTS) is 1. The zero-order valence-electron chi connectivity index (χ0n) is 23.9. The summed E-state index contributed by atoms with van der Waals surface area (Å²) in [6.07, 6.45) is 11.3. The summed E-state index contributed by atoms with van der Waals surface area (Å²) < 4.78 is 5.93. The van der Waals surface area contributed by atoms with Gasteiger partial charge in [-0.1, -0.05) is 24.3 Å². The number of para-hydroxylation sites is 1. The highest BCUT2D eigenvalue weighted by Crippen LogP contribution is 2.20. The van der Waals surface area contributed by atoms with Crippen molar-refractivity contribution < 1.29 is 14.6 Å². The number of nitrogens with two attached hydrogens (primary N) is 1. The molecule has 0 saturated heterocycles. The van der Waals surface area contributed by atoms with Crippen LogP contribution in [0.3, 0.4) is 0 Å². The van der Waals surface area contributed by atoms with Crippen molar-refractivity contribution in [3.8, 4) is 5.75 Å². The maximum absolute atomic E-state index is 12.1. The standard InChI is InChI=1S/C31H40N8O3/c32-15-7-17-33-28-22-29(36-23-35-28)38-27(31(40)41)14-19-39(20-21-42-26-10-2-1-3-11-26)18-5-4-9-25-13-12-24-8-6-16-34-30(24)37-25/h1-3,7,10-13,15,17,22-23,27H,4-6,8-9,14,16,18-21,32H2,(H,34,37)(H,40,41)(H,35,36,38). The fraction of sp³-hybridized carbons (Fsp3) is 0.387. The minimum Gasteiger partial charge on any atom is -0.492 e. The Morgan fingerprint density at radius 1 is 1.17 bits per heavy atom. The van der Waals surface area contributed by atoms with E-state index >= 15 is 0 Å². The number of aliphatic carboxylic acids is 1. The third kappa shape index (κ3) is 10.2. The number of unbranched alkanes of at least 4 members (excludes halogenated alkanes) is 1. The predicted octanol–water partition coefficient (Wildman–Crippen LogP) is 4.06. The number of carboxylic acids is 1. The maximum Gasteiger partial charge on any atom is 0.326 e. The van der Waals surface area contributed by atoms with E-state index in [4.69, 9.17) is 15.5 Å². The lowest BCUT2D eigenvalue weighted by Gasteiger charge is -2.24. The zero-order chi connectivity index (χ0) is 29.4. The second kappa shape index (κ2) is 16.7. The van der Waals surface area contributed by atoms with Gasteiger partial charge in [0.25, 0.3) is 0 Å². The van der Waals surface area contributed by atoms with Gasteiger partial charge in [0.2, 0.25) is 0 Å². The molecule has 11 nitrogen and oxygen atoms in total. The molecule has 0 saturated carbocycles. The van der Waals surface area contributed by atoms with Crippen LogP contribution in [0.1, 0.15) is 36.9 Å². The number of nitrogens with zero attached hydrogens (tertiary/aromatic N) is 5. The number of anilines is 2. The van der Waals surface area contributed by atoms with Crippen LogP contribution in [-0.2, 0) is 17.6 Å². The van der Waals surface area contributed by atoms with E-state index in [1.807, 2.05) is 30.3 Å². The van der Waals surface area contributed by atoms with Crippen LogP contribution >= 0.6 is 0 Å². The predicted molar refractivity (Wildman–Crippen MR) is 166 cm³/mol. The molecule has 2 aromatic heterocycles. The Morgan fingerprint density at radius 3 is 2.88 bits per heavy atom. The van der Waals surface area contributed by atoms with Crippen molar-refractivity contribution in [2.24, 2.45) is 10.7 Å². The number of aromatic nitrogens is 3. The highest BCUT2D eigenvalue weighted by Gasteiger charge is 2.20. The van der Waals surface area contributed by atoms with Crippen molar-refractivity contribution in [1.82, 2.24) is 19.9 Å². The number of allylic oxidation sites excluding steroid dienone is 1. The third-order valence-electron chi connectivity index (χ3n) is 6.94. The SMILES string of the molecule is NC=CC=Nc1cc(NC(CCN(CCCCc2ccc3c(n2)NCCC3)CCOc2ccccc2)C(=O)O)ncn1. The monoisotopic (exact) mass is 572 g/mol. The Labute approximate surface area is 247 Å². The normalized spacial score (nSPS) is 13.6.